The van der Waals surface area contributed by atoms with Crippen LogP contribution in [-0.4, -0.2) is 50.2 Å². The molecule has 1 aliphatic rings. The lowest BCUT2D eigenvalue weighted by atomic mass is 10.1. The number of rotatable bonds is 6. The van der Waals surface area contributed by atoms with Crippen molar-refractivity contribution in [2.45, 2.75) is 12.5 Å². The van der Waals surface area contributed by atoms with E-state index in [1.807, 2.05) is 37.4 Å². The summed E-state index contributed by atoms with van der Waals surface area (Å²) in [6, 6.07) is 18.2. The van der Waals surface area contributed by atoms with Gasteiger partial charge in [-0.15, -0.1) is 0 Å². The Morgan fingerprint density at radius 2 is 1.84 bits per heavy atom. The molecule has 1 saturated heterocycles. The Kier molecular flexibility index (Phi) is 6.04. The van der Waals surface area contributed by atoms with Crippen LogP contribution in [0.2, 0.25) is 0 Å². The normalized spacial score (nSPS) is 17.9. The van der Waals surface area contributed by atoms with E-state index in [4.69, 9.17) is 4.74 Å². The molecule has 0 aromatic heterocycles. The maximum absolute atomic E-state index is 12.2. The van der Waals surface area contributed by atoms with Crippen molar-refractivity contribution in [3.8, 4) is 0 Å². The van der Waals surface area contributed by atoms with E-state index in [1.165, 1.54) is 5.56 Å². The summed E-state index contributed by atoms with van der Waals surface area (Å²) in [5, 5.41) is 6.32. The highest BCUT2D eigenvalue weighted by Gasteiger charge is 2.24. The van der Waals surface area contributed by atoms with Crippen LogP contribution < -0.4 is 10.6 Å². The van der Waals surface area contributed by atoms with E-state index in [-0.39, 0.29) is 5.91 Å². The van der Waals surface area contributed by atoms with Crippen LogP contribution in [0.15, 0.2) is 54.6 Å². The van der Waals surface area contributed by atoms with Crippen LogP contribution in [0.4, 0.5) is 11.4 Å². The summed E-state index contributed by atoms with van der Waals surface area (Å²) in [6.45, 7) is 2.97. The smallest absolute Gasteiger partial charge is 0.254 e. The second-order valence-electron chi connectivity index (χ2n) is 6.35. The van der Waals surface area contributed by atoms with Gasteiger partial charge in [0.1, 0.15) is 6.10 Å². The number of nitrogens with one attached hydrogen (secondary N) is 2. The molecule has 0 aliphatic carbocycles. The Morgan fingerprint density at radius 3 is 2.56 bits per heavy atom. The van der Waals surface area contributed by atoms with E-state index < -0.39 is 6.10 Å². The molecule has 3 rings (SSSR count). The highest BCUT2D eigenvalue weighted by molar-refractivity contribution is 5.94. The molecule has 2 aromatic rings. The number of benzene rings is 2. The monoisotopic (exact) mass is 339 g/mol. The number of amides is 1. The van der Waals surface area contributed by atoms with Crippen LogP contribution in [0, 0.1) is 0 Å². The van der Waals surface area contributed by atoms with Gasteiger partial charge in [-0.3, -0.25) is 4.79 Å². The minimum atomic E-state index is -0.401. The summed E-state index contributed by atoms with van der Waals surface area (Å²) in [5.41, 5.74) is 3.15. The van der Waals surface area contributed by atoms with Gasteiger partial charge in [-0.05, 0) is 43.3 Å². The molecule has 5 nitrogen and oxygen atoms in total. The molecule has 25 heavy (non-hydrogen) atoms. The van der Waals surface area contributed by atoms with Crippen molar-refractivity contribution in [3.63, 3.8) is 0 Å². The van der Waals surface area contributed by atoms with Gasteiger partial charge in [0.05, 0.1) is 6.61 Å². The summed E-state index contributed by atoms with van der Waals surface area (Å²) in [4.78, 5) is 14.4. The zero-order valence-corrected chi connectivity index (χ0v) is 14.6. The largest absolute Gasteiger partial charge is 0.385 e. The number of hydrogen-bond acceptors (Lipinski definition) is 4. The van der Waals surface area contributed by atoms with Crippen molar-refractivity contribution in [3.05, 3.63) is 60.2 Å². The third-order valence-electron chi connectivity index (χ3n) is 4.30. The van der Waals surface area contributed by atoms with Crippen LogP contribution in [0.25, 0.3) is 0 Å². The third kappa shape index (κ3) is 5.31. The zero-order valence-electron chi connectivity index (χ0n) is 14.6. The van der Waals surface area contributed by atoms with Gasteiger partial charge in [0.25, 0.3) is 5.91 Å². The van der Waals surface area contributed by atoms with Crippen molar-refractivity contribution < 1.29 is 9.53 Å². The van der Waals surface area contributed by atoms with Gasteiger partial charge in [0.15, 0.2) is 0 Å². The number of ether oxygens (including phenoxy) is 1. The fraction of sp³-hybridized carbons (Fsp3) is 0.350. The average molecular weight is 339 g/mol. The molecule has 2 N–H and O–H groups in total. The Morgan fingerprint density at radius 1 is 1.12 bits per heavy atom. The van der Waals surface area contributed by atoms with E-state index in [0.717, 1.165) is 30.9 Å². The first-order valence-electron chi connectivity index (χ1n) is 8.69. The molecular formula is C20H25N3O2. The topological polar surface area (TPSA) is 53.6 Å². The highest BCUT2D eigenvalue weighted by atomic mass is 16.5. The number of likely N-dealkylation sites (N-methyl/N-ethyl adjacent to an activating group) is 1. The Bertz CT molecular complexity index is 673. The molecule has 1 fully saturated rings. The lowest BCUT2D eigenvalue weighted by molar-refractivity contribution is -0.132. The second-order valence-corrected chi connectivity index (χ2v) is 6.35. The molecule has 0 bridgehead atoms. The quantitative estimate of drug-likeness (QED) is 0.849. The molecule has 2 aromatic carbocycles. The summed E-state index contributed by atoms with van der Waals surface area (Å²) >= 11 is 0. The molecule has 1 aliphatic heterocycles. The number of carbonyl (C=O) groups is 1. The summed E-state index contributed by atoms with van der Waals surface area (Å²) in [7, 11) is 2.00. The van der Waals surface area contributed by atoms with Crippen molar-refractivity contribution >= 4 is 17.3 Å². The van der Waals surface area contributed by atoms with Crippen LogP contribution in [-0.2, 0) is 16.0 Å². The zero-order chi connectivity index (χ0) is 17.5. The molecule has 132 valence electrons. The highest BCUT2D eigenvalue weighted by Crippen LogP contribution is 2.15. The average Bonchev–Trinajstić information content (AvgIpc) is 2.64. The number of carbonyl (C=O) groups excluding carboxylic acids is 1. The SMILES string of the molecule is CN1CCO[C@@H](C(=O)Nc2ccc(NCCc3ccccc3)cc2)C1. The van der Waals surface area contributed by atoms with Gasteiger partial charge >= 0.3 is 0 Å². The predicted molar refractivity (Wildman–Crippen MR) is 101 cm³/mol. The van der Waals surface area contributed by atoms with Crippen molar-refractivity contribution in [1.82, 2.24) is 4.90 Å². The van der Waals surface area contributed by atoms with Crippen molar-refractivity contribution in [1.29, 1.82) is 0 Å². The predicted octanol–water partition coefficient (Wildman–Crippen LogP) is 2.61. The van der Waals surface area contributed by atoms with Crippen LogP contribution in [0.5, 0.6) is 0 Å². The van der Waals surface area contributed by atoms with E-state index in [0.29, 0.717) is 13.2 Å². The number of anilines is 2. The minimum absolute atomic E-state index is 0.0867. The molecule has 0 spiro atoms. The van der Waals surface area contributed by atoms with Crippen molar-refractivity contribution in [2.75, 3.05) is 43.9 Å². The summed E-state index contributed by atoms with van der Waals surface area (Å²) < 4.78 is 5.54. The van der Waals surface area contributed by atoms with E-state index in [2.05, 4.69) is 39.8 Å². The van der Waals surface area contributed by atoms with Gasteiger partial charge in [-0.1, -0.05) is 30.3 Å². The van der Waals surface area contributed by atoms with Gasteiger partial charge in [0.2, 0.25) is 0 Å². The summed E-state index contributed by atoms with van der Waals surface area (Å²) in [6.07, 6.45) is 0.578. The maximum atomic E-state index is 12.2. The number of hydrogen-bond donors (Lipinski definition) is 2. The number of morpholine rings is 1. The van der Waals surface area contributed by atoms with E-state index in [1.54, 1.807) is 0 Å². The first-order chi connectivity index (χ1) is 12.2. The van der Waals surface area contributed by atoms with Gasteiger partial charge in [-0.25, -0.2) is 0 Å². The van der Waals surface area contributed by atoms with Crippen molar-refractivity contribution in [2.24, 2.45) is 0 Å². The van der Waals surface area contributed by atoms with E-state index >= 15 is 0 Å². The van der Waals surface area contributed by atoms with Gasteiger partial charge in [0, 0.05) is 31.0 Å². The molecule has 0 radical (unpaired) electrons. The minimum Gasteiger partial charge on any atom is -0.385 e. The Labute approximate surface area is 149 Å². The molecule has 0 saturated carbocycles. The lowest BCUT2D eigenvalue weighted by Gasteiger charge is -2.29. The lowest BCUT2D eigenvalue weighted by Crippen LogP contribution is -2.46. The van der Waals surface area contributed by atoms with Gasteiger partial charge in [-0.2, -0.15) is 0 Å². The molecule has 0 unspecified atom stereocenters. The maximum Gasteiger partial charge on any atom is 0.254 e. The standard InChI is InChI=1S/C20H25N3O2/c1-23-13-14-25-19(15-23)20(24)22-18-9-7-17(8-10-18)21-12-11-16-5-3-2-4-6-16/h2-10,19,21H,11-15H2,1H3,(H,22,24)/t19-/m1/s1. The molecule has 5 heteroatoms. The van der Waals surface area contributed by atoms with Gasteiger partial charge < -0.3 is 20.3 Å². The molecule has 1 atom stereocenters. The number of nitrogens with zero attached hydrogens (tertiary/aromatic N) is 1. The Balaban J connectivity index is 1.46. The first kappa shape index (κ1) is 17.5. The van der Waals surface area contributed by atoms with Crippen LogP contribution >= 0.6 is 0 Å². The van der Waals surface area contributed by atoms with E-state index in [9.17, 15) is 4.79 Å². The third-order valence-corrected chi connectivity index (χ3v) is 4.30. The fourth-order valence-electron chi connectivity index (χ4n) is 2.83. The fourth-order valence-corrected chi connectivity index (χ4v) is 2.83. The summed E-state index contributed by atoms with van der Waals surface area (Å²) in [5.74, 6) is -0.0867. The van der Waals surface area contributed by atoms with Crippen LogP contribution in [0.1, 0.15) is 5.56 Å². The van der Waals surface area contributed by atoms with Crippen LogP contribution in [0.3, 0.4) is 0 Å². The molecular weight excluding hydrogens is 314 g/mol. The second kappa shape index (κ2) is 8.65. The Hall–Kier alpha value is -2.37. The molecule has 1 amide bonds. The first-order valence-corrected chi connectivity index (χ1v) is 8.69. The molecule has 1 heterocycles.